The molecule has 0 radical (unpaired) electrons. The van der Waals surface area contributed by atoms with Gasteiger partial charge in [0.2, 0.25) is 0 Å². The summed E-state index contributed by atoms with van der Waals surface area (Å²) in [7, 11) is 0. The van der Waals surface area contributed by atoms with Gasteiger partial charge in [0.1, 0.15) is 0 Å². The fraction of sp³-hybridized carbons (Fsp3) is 1.00. The molecule has 3 rings (SSSR count). The number of fused-ring (bicyclic) bond motifs is 1. The molecule has 1 unspecified atom stereocenters. The van der Waals surface area contributed by atoms with Crippen LogP contribution in [0.15, 0.2) is 0 Å². The van der Waals surface area contributed by atoms with Gasteiger partial charge in [-0.3, -0.25) is 11.3 Å². The standard InChI is InChI=1S/C6H12N2/c7-8-6-3-4-1-5(6)2-4/h4-6,8H,1-3,7H2. The molecule has 0 aromatic rings. The predicted octanol–water partition coefficient (Wildman–Crippen LogP) is 0.248. The molecule has 3 aliphatic rings. The summed E-state index contributed by atoms with van der Waals surface area (Å²) in [5.74, 6) is 7.26. The summed E-state index contributed by atoms with van der Waals surface area (Å²) in [5.41, 5.74) is 2.86. The van der Waals surface area contributed by atoms with Crippen molar-refractivity contribution < 1.29 is 0 Å². The second-order valence-corrected chi connectivity index (χ2v) is 3.11. The molecule has 8 heavy (non-hydrogen) atoms. The van der Waals surface area contributed by atoms with Gasteiger partial charge in [0.05, 0.1) is 0 Å². The lowest BCUT2D eigenvalue weighted by atomic mass is 9.84. The number of nitrogens with two attached hydrogens (primary N) is 1. The maximum Gasteiger partial charge on any atom is 0.0241 e. The van der Waals surface area contributed by atoms with Crippen LogP contribution in [0, 0.1) is 11.8 Å². The van der Waals surface area contributed by atoms with Gasteiger partial charge in [0.25, 0.3) is 0 Å². The largest absolute Gasteiger partial charge is 0.271 e. The molecule has 0 heterocycles. The van der Waals surface area contributed by atoms with Crippen LogP contribution in [0.5, 0.6) is 0 Å². The van der Waals surface area contributed by atoms with E-state index in [1.54, 1.807) is 0 Å². The number of nitrogens with one attached hydrogen (secondary N) is 1. The number of rotatable bonds is 1. The number of hydrazine groups is 1. The van der Waals surface area contributed by atoms with E-state index in [-0.39, 0.29) is 0 Å². The average molecular weight is 112 g/mol. The van der Waals surface area contributed by atoms with E-state index in [1.165, 1.54) is 19.3 Å². The lowest BCUT2D eigenvalue weighted by Gasteiger charge is -2.23. The van der Waals surface area contributed by atoms with Crippen LogP contribution in [-0.2, 0) is 0 Å². The molecule has 0 aromatic heterocycles. The molecule has 3 aliphatic carbocycles. The zero-order valence-electron chi connectivity index (χ0n) is 4.93. The van der Waals surface area contributed by atoms with E-state index >= 15 is 0 Å². The Morgan fingerprint density at radius 3 is 2.25 bits per heavy atom. The Morgan fingerprint density at radius 1 is 1.25 bits per heavy atom. The Kier molecular flexibility index (Phi) is 0.866. The van der Waals surface area contributed by atoms with E-state index in [9.17, 15) is 0 Å². The van der Waals surface area contributed by atoms with Crippen LogP contribution in [0.4, 0.5) is 0 Å². The summed E-state index contributed by atoms with van der Waals surface area (Å²) in [6, 6.07) is 0.667. The van der Waals surface area contributed by atoms with E-state index in [0.717, 1.165) is 11.8 Å². The van der Waals surface area contributed by atoms with Gasteiger partial charge in [-0.25, -0.2) is 0 Å². The van der Waals surface area contributed by atoms with E-state index in [2.05, 4.69) is 5.43 Å². The van der Waals surface area contributed by atoms with Crippen LogP contribution in [-0.4, -0.2) is 6.04 Å². The Hall–Kier alpha value is -0.0800. The Bertz CT molecular complexity index is 96.7. The molecule has 2 bridgehead atoms. The minimum absolute atomic E-state index is 0.667. The van der Waals surface area contributed by atoms with Crippen molar-refractivity contribution in [3.05, 3.63) is 0 Å². The van der Waals surface area contributed by atoms with Gasteiger partial charge in [-0.15, -0.1) is 0 Å². The van der Waals surface area contributed by atoms with Crippen molar-refractivity contribution in [1.82, 2.24) is 5.43 Å². The van der Waals surface area contributed by atoms with E-state index in [0.29, 0.717) is 6.04 Å². The molecule has 46 valence electrons. The van der Waals surface area contributed by atoms with Crippen molar-refractivity contribution in [3.63, 3.8) is 0 Å². The van der Waals surface area contributed by atoms with Crippen molar-refractivity contribution in [2.45, 2.75) is 25.3 Å². The third kappa shape index (κ3) is 0.446. The minimum Gasteiger partial charge on any atom is -0.271 e. The maximum absolute atomic E-state index is 5.30. The first-order chi connectivity index (χ1) is 3.90. The van der Waals surface area contributed by atoms with E-state index in [4.69, 9.17) is 5.84 Å². The summed E-state index contributed by atoms with van der Waals surface area (Å²) < 4.78 is 0. The SMILES string of the molecule is NNC1CC2CC1C2. The topological polar surface area (TPSA) is 38.0 Å². The molecule has 1 atom stereocenters. The van der Waals surface area contributed by atoms with Gasteiger partial charge in [-0.1, -0.05) is 0 Å². The fourth-order valence-corrected chi connectivity index (χ4v) is 2.06. The first-order valence-corrected chi connectivity index (χ1v) is 3.36. The molecule has 0 saturated heterocycles. The third-order valence-electron chi connectivity index (χ3n) is 2.64. The van der Waals surface area contributed by atoms with Crippen molar-refractivity contribution in [1.29, 1.82) is 0 Å². The summed E-state index contributed by atoms with van der Waals surface area (Å²) in [5, 5.41) is 0. The molecule has 3 saturated carbocycles. The van der Waals surface area contributed by atoms with Crippen molar-refractivity contribution in [3.8, 4) is 0 Å². The van der Waals surface area contributed by atoms with Gasteiger partial charge in [-0.2, -0.15) is 0 Å². The highest BCUT2D eigenvalue weighted by Crippen LogP contribution is 2.47. The van der Waals surface area contributed by atoms with Gasteiger partial charge >= 0.3 is 0 Å². The predicted molar refractivity (Wildman–Crippen MR) is 31.9 cm³/mol. The maximum atomic E-state index is 5.30. The Morgan fingerprint density at radius 2 is 2.00 bits per heavy atom. The summed E-state index contributed by atoms with van der Waals surface area (Å²) >= 11 is 0. The molecule has 3 fully saturated rings. The molecule has 0 aromatic carbocycles. The molecular weight excluding hydrogens is 100 g/mol. The average Bonchev–Trinajstić information content (AvgIpc) is 2.15. The van der Waals surface area contributed by atoms with Crippen LogP contribution in [0.25, 0.3) is 0 Å². The molecule has 0 spiro atoms. The molecule has 2 nitrogen and oxygen atoms in total. The fourth-order valence-electron chi connectivity index (χ4n) is 2.06. The van der Waals surface area contributed by atoms with Crippen molar-refractivity contribution in [2.24, 2.45) is 17.7 Å². The quantitative estimate of drug-likeness (QED) is 0.377. The smallest absolute Gasteiger partial charge is 0.0241 e. The van der Waals surface area contributed by atoms with E-state index in [1.807, 2.05) is 0 Å². The van der Waals surface area contributed by atoms with Gasteiger partial charge in [-0.05, 0) is 31.1 Å². The highest BCUT2D eigenvalue weighted by Gasteiger charge is 2.43. The van der Waals surface area contributed by atoms with Gasteiger partial charge in [0, 0.05) is 6.04 Å². The molecular formula is C6H12N2. The first-order valence-electron chi connectivity index (χ1n) is 3.36. The lowest BCUT2D eigenvalue weighted by Crippen LogP contribution is -2.36. The van der Waals surface area contributed by atoms with Crippen molar-refractivity contribution >= 4 is 0 Å². The van der Waals surface area contributed by atoms with Crippen LogP contribution >= 0.6 is 0 Å². The third-order valence-corrected chi connectivity index (χ3v) is 2.64. The Labute approximate surface area is 49.4 Å². The lowest BCUT2D eigenvalue weighted by molar-refractivity contribution is 0.283. The van der Waals surface area contributed by atoms with Crippen LogP contribution in [0.3, 0.4) is 0 Å². The molecule has 0 amide bonds. The Balaban J connectivity index is 2.00. The number of hydrogen-bond donors (Lipinski definition) is 2. The highest BCUT2D eigenvalue weighted by atomic mass is 15.2. The zero-order valence-corrected chi connectivity index (χ0v) is 4.93. The van der Waals surface area contributed by atoms with Crippen molar-refractivity contribution in [2.75, 3.05) is 0 Å². The van der Waals surface area contributed by atoms with Crippen LogP contribution in [0.2, 0.25) is 0 Å². The number of hydrogen-bond acceptors (Lipinski definition) is 2. The van der Waals surface area contributed by atoms with Gasteiger partial charge in [0.15, 0.2) is 0 Å². The van der Waals surface area contributed by atoms with Crippen LogP contribution < -0.4 is 11.3 Å². The minimum atomic E-state index is 0.667. The summed E-state index contributed by atoms with van der Waals surface area (Å²) in [4.78, 5) is 0. The first kappa shape index (κ1) is 4.77. The molecule has 3 N–H and O–H groups in total. The van der Waals surface area contributed by atoms with Gasteiger partial charge < -0.3 is 0 Å². The normalized spacial score (nSPS) is 51.4. The van der Waals surface area contributed by atoms with E-state index < -0.39 is 0 Å². The second-order valence-electron chi connectivity index (χ2n) is 3.11. The second kappa shape index (κ2) is 1.45. The van der Waals surface area contributed by atoms with Crippen LogP contribution in [0.1, 0.15) is 19.3 Å². The highest BCUT2D eigenvalue weighted by molar-refractivity contribution is 4.97. The summed E-state index contributed by atoms with van der Waals surface area (Å²) in [6.45, 7) is 0. The molecule has 0 aliphatic heterocycles. The molecule has 2 heteroatoms. The zero-order chi connectivity index (χ0) is 5.56. The summed E-state index contributed by atoms with van der Waals surface area (Å²) in [6.07, 6.45) is 4.21. The monoisotopic (exact) mass is 112 g/mol.